The van der Waals surface area contributed by atoms with E-state index in [0.717, 1.165) is 12.5 Å². The largest absolute Gasteiger partial charge is 0.481 e. The molecule has 3 nitrogen and oxygen atoms in total. The van der Waals surface area contributed by atoms with Gasteiger partial charge in [0.25, 0.3) is 0 Å². The number of hydrogen-bond acceptors (Lipinski definition) is 2. The molecule has 0 aromatic heterocycles. The molecule has 2 rings (SSSR count). The van der Waals surface area contributed by atoms with Crippen LogP contribution in [-0.2, 0) is 4.79 Å². The van der Waals surface area contributed by atoms with Gasteiger partial charge in [-0.3, -0.25) is 9.69 Å². The lowest BCUT2D eigenvalue weighted by Crippen LogP contribution is -2.45. The van der Waals surface area contributed by atoms with E-state index in [9.17, 15) is 4.79 Å². The van der Waals surface area contributed by atoms with E-state index in [-0.39, 0.29) is 0 Å². The molecule has 2 aliphatic carbocycles. The van der Waals surface area contributed by atoms with Gasteiger partial charge in [-0.1, -0.05) is 20.8 Å². The zero-order chi connectivity index (χ0) is 13.3. The van der Waals surface area contributed by atoms with Crippen molar-refractivity contribution in [3.63, 3.8) is 0 Å². The van der Waals surface area contributed by atoms with Gasteiger partial charge in [-0.15, -0.1) is 0 Å². The van der Waals surface area contributed by atoms with Gasteiger partial charge in [0.05, 0.1) is 6.42 Å². The Morgan fingerprint density at radius 2 is 1.94 bits per heavy atom. The number of nitrogens with zero attached hydrogens (tertiary/aromatic N) is 1. The first kappa shape index (κ1) is 13.9. The molecule has 0 heterocycles. The van der Waals surface area contributed by atoms with E-state index in [2.05, 4.69) is 25.7 Å². The molecule has 2 aliphatic rings. The summed E-state index contributed by atoms with van der Waals surface area (Å²) >= 11 is 0. The van der Waals surface area contributed by atoms with Crippen LogP contribution in [0.4, 0.5) is 0 Å². The van der Waals surface area contributed by atoms with Gasteiger partial charge in [0.15, 0.2) is 0 Å². The van der Waals surface area contributed by atoms with E-state index < -0.39 is 5.97 Å². The topological polar surface area (TPSA) is 40.5 Å². The lowest BCUT2D eigenvalue weighted by molar-refractivity contribution is -0.137. The van der Waals surface area contributed by atoms with Gasteiger partial charge in [0.1, 0.15) is 0 Å². The van der Waals surface area contributed by atoms with Crippen molar-refractivity contribution in [2.45, 2.75) is 71.4 Å². The van der Waals surface area contributed by atoms with Crippen molar-refractivity contribution < 1.29 is 9.90 Å². The molecule has 2 fully saturated rings. The van der Waals surface area contributed by atoms with Crippen molar-refractivity contribution in [3.8, 4) is 0 Å². The summed E-state index contributed by atoms with van der Waals surface area (Å²) in [5, 5.41) is 8.89. The third-order valence-electron chi connectivity index (χ3n) is 4.43. The van der Waals surface area contributed by atoms with Crippen LogP contribution in [0.2, 0.25) is 0 Å². The molecule has 3 heteroatoms. The van der Waals surface area contributed by atoms with Gasteiger partial charge >= 0.3 is 5.97 Å². The SMILES string of the molecule is CC1CC(N(CCC(=O)O)C2CC2)CC(C)(C)C1. The van der Waals surface area contributed by atoms with E-state index in [1.165, 1.54) is 32.1 Å². The molecule has 0 aromatic rings. The standard InChI is InChI=1S/C15H27NO2/c1-11-8-13(10-15(2,3)9-11)16(12-4-5-12)7-6-14(17)18/h11-13H,4-10H2,1-3H3,(H,17,18). The maximum absolute atomic E-state index is 10.8. The first-order chi connectivity index (χ1) is 8.37. The molecule has 0 aromatic carbocycles. The van der Waals surface area contributed by atoms with Gasteiger partial charge in [0, 0.05) is 18.6 Å². The van der Waals surface area contributed by atoms with Crippen molar-refractivity contribution in [2.75, 3.05) is 6.54 Å². The molecular formula is C15H27NO2. The molecule has 1 N–H and O–H groups in total. The normalized spacial score (nSPS) is 31.6. The summed E-state index contributed by atoms with van der Waals surface area (Å²) in [6.07, 6.45) is 6.62. The zero-order valence-electron chi connectivity index (χ0n) is 12.0. The Kier molecular flexibility index (Phi) is 4.00. The number of aliphatic carboxylic acids is 1. The zero-order valence-corrected chi connectivity index (χ0v) is 12.0. The van der Waals surface area contributed by atoms with Crippen molar-refractivity contribution in [1.29, 1.82) is 0 Å². The fourth-order valence-corrected chi connectivity index (χ4v) is 3.84. The average Bonchev–Trinajstić information content (AvgIpc) is 2.98. The van der Waals surface area contributed by atoms with Crippen LogP contribution < -0.4 is 0 Å². The highest BCUT2D eigenvalue weighted by atomic mass is 16.4. The van der Waals surface area contributed by atoms with E-state index in [1.807, 2.05) is 0 Å². The van der Waals surface area contributed by atoms with Gasteiger partial charge in [-0.2, -0.15) is 0 Å². The quantitative estimate of drug-likeness (QED) is 0.818. The molecule has 0 amide bonds. The Balaban J connectivity index is 1.98. The second-order valence-electron chi connectivity index (χ2n) is 7.18. The summed E-state index contributed by atoms with van der Waals surface area (Å²) in [6.45, 7) is 7.81. The second kappa shape index (κ2) is 5.20. The third-order valence-corrected chi connectivity index (χ3v) is 4.43. The van der Waals surface area contributed by atoms with E-state index in [1.54, 1.807) is 0 Å². The predicted molar refractivity (Wildman–Crippen MR) is 72.6 cm³/mol. The van der Waals surface area contributed by atoms with Crippen LogP contribution in [0.3, 0.4) is 0 Å². The summed E-state index contributed by atoms with van der Waals surface area (Å²) in [5.41, 5.74) is 0.415. The predicted octanol–water partition coefficient (Wildman–Crippen LogP) is 3.14. The van der Waals surface area contributed by atoms with Crippen LogP contribution in [0.15, 0.2) is 0 Å². The Morgan fingerprint density at radius 3 is 2.44 bits per heavy atom. The summed E-state index contributed by atoms with van der Waals surface area (Å²) in [5.74, 6) is 0.105. The fraction of sp³-hybridized carbons (Fsp3) is 0.933. The lowest BCUT2D eigenvalue weighted by Gasteiger charge is -2.44. The number of hydrogen-bond donors (Lipinski definition) is 1. The Bertz CT molecular complexity index is 310. The van der Waals surface area contributed by atoms with Gasteiger partial charge in [-0.05, 0) is 43.4 Å². The molecule has 0 bridgehead atoms. The minimum absolute atomic E-state index is 0.293. The highest BCUT2D eigenvalue weighted by Crippen LogP contribution is 2.43. The Labute approximate surface area is 111 Å². The van der Waals surface area contributed by atoms with E-state index in [4.69, 9.17) is 5.11 Å². The highest BCUT2D eigenvalue weighted by molar-refractivity contribution is 5.66. The van der Waals surface area contributed by atoms with Crippen LogP contribution in [0.25, 0.3) is 0 Å². The van der Waals surface area contributed by atoms with E-state index in [0.29, 0.717) is 23.9 Å². The molecule has 0 radical (unpaired) electrons. The molecule has 2 unspecified atom stereocenters. The highest BCUT2D eigenvalue weighted by Gasteiger charge is 2.40. The number of rotatable bonds is 5. The number of carboxylic acids is 1. The maximum Gasteiger partial charge on any atom is 0.304 e. The van der Waals surface area contributed by atoms with Gasteiger partial charge in [-0.25, -0.2) is 0 Å². The monoisotopic (exact) mass is 253 g/mol. The second-order valence-corrected chi connectivity index (χ2v) is 7.18. The number of carbonyl (C=O) groups is 1. The minimum Gasteiger partial charge on any atom is -0.481 e. The maximum atomic E-state index is 10.8. The molecule has 18 heavy (non-hydrogen) atoms. The van der Waals surface area contributed by atoms with Gasteiger partial charge in [0.2, 0.25) is 0 Å². The summed E-state index contributed by atoms with van der Waals surface area (Å²) < 4.78 is 0. The molecule has 104 valence electrons. The van der Waals surface area contributed by atoms with Crippen molar-refractivity contribution in [2.24, 2.45) is 11.3 Å². The van der Waals surface area contributed by atoms with Crippen molar-refractivity contribution in [3.05, 3.63) is 0 Å². The van der Waals surface area contributed by atoms with Crippen LogP contribution in [0, 0.1) is 11.3 Å². The summed E-state index contributed by atoms with van der Waals surface area (Å²) in [7, 11) is 0. The minimum atomic E-state index is -0.663. The summed E-state index contributed by atoms with van der Waals surface area (Å²) in [4.78, 5) is 13.3. The first-order valence-electron chi connectivity index (χ1n) is 7.35. The molecule has 0 spiro atoms. The van der Waals surface area contributed by atoms with Crippen molar-refractivity contribution >= 4 is 5.97 Å². The molecule has 0 saturated heterocycles. The molecule has 0 aliphatic heterocycles. The number of carboxylic acid groups (broad SMARTS) is 1. The Morgan fingerprint density at radius 1 is 1.28 bits per heavy atom. The smallest absolute Gasteiger partial charge is 0.304 e. The van der Waals surface area contributed by atoms with E-state index >= 15 is 0 Å². The molecule has 2 atom stereocenters. The molecule has 2 saturated carbocycles. The van der Waals surface area contributed by atoms with Crippen LogP contribution in [0.1, 0.15) is 59.3 Å². The van der Waals surface area contributed by atoms with Gasteiger partial charge < -0.3 is 5.11 Å². The fourth-order valence-electron chi connectivity index (χ4n) is 3.84. The molecular weight excluding hydrogens is 226 g/mol. The third kappa shape index (κ3) is 3.71. The van der Waals surface area contributed by atoms with Crippen LogP contribution >= 0.6 is 0 Å². The van der Waals surface area contributed by atoms with Crippen molar-refractivity contribution in [1.82, 2.24) is 4.90 Å². The lowest BCUT2D eigenvalue weighted by atomic mass is 9.70. The Hall–Kier alpha value is -0.570. The average molecular weight is 253 g/mol. The summed E-state index contributed by atoms with van der Waals surface area (Å²) in [6, 6.07) is 1.28. The first-order valence-corrected chi connectivity index (χ1v) is 7.35. The van der Waals surface area contributed by atoms with Crippen LogP contribution in [-0.4, -0.2) is 34.6 Å². The van der Waals surface area contributed by atoms with Crippen LogP contribution in [0.5, 0.6) is 0 Å².